The predicted molar refractivity (Wildman–Crippen MR) is 68.5 cm³/mol. The molecule has 2 N–H and O–H groups in total. The van der Waals surface area contributed by atoms with E-state index in [4.69, 9.17) is 0 Å². The molecule has 0 fully saturated rings. The van der Waals surface area contributed by atoms with Crippen LogP contribution in [0.1, 0.15) is 16.7 Å². The normalized spacial score (nSPS) is 10.5. The molecule has 0 aromatic heterocycles. The maximum Gasteiger partial charge on any atom is 0.0691 e. The van der Waals surface area contributed by atoms with E-state index in [1.165, 1.54) is 5.56 Å². The van der Waals surface area contributed by atoms with E-state index in [1.54, 1.807) is 0 Å². The number of benzene rings is 2. The molecule has 0 unspecified atom stereocenters. The minimum absolute atomic E-state index is 0.0460. The van der Waals surface area contributed by atoms with Crippen LogP contribution in [0.5, 0.6) is 0 Å². The molecule has 0 aliphatic rings. The third-order valence-electron chi connectivity index (χ3n) is 2.96. The van der Waals surface area contributed by atoms with E-state index in [0.29, 0.717) is 0 Å². The van der Waals surface area contributed by atoms with Gasteiger partial charge in [-0.2, -0.15) is 0 Å². The van der Waals surface area contributed by atoms with Crippen LogP contribution in [0, 0.1) is 6.92 Å². The molecule has 0 radical (unpaired) electrons. The quantitative estimate of drug-likeness (QED) is 0.847. The van der Waals surface area contributed by atoms with Crippen molar-refractivity contribution in [1.29, 1.82) is 0 Å². The number of rotatable bonds is 3. The zero-order chi connectivity index (χ0) is 12.3. The molecule has 88 valence electrons. The summed E-state index contributed by atoms with van der Waals surface area (Å²) in [5.74, 6) is 0. The van der Waals surface area contributed by atoms with Crippen molar-refractivity contribution in [3.05, 3.63) is 59.2 Å². The highest BCUT2D eigenvalue weighted by Crippen LogP contribution is 2.26. The fraction of sp³-hybridized carbons (Fsp3) is 0.200. The van der Waals surface area contributed by atoms with Gasteiger partial charge < -0.3 is 10.2 Å². The second kappa shape index (κ2) is 5.13. The van der Waals surface area contributed by atoms with Gasteiger partial charge in [0.2, 0.25) is 0 Å². The van der Waals surface area contributed by atoms with Gasteiger partial charge in [0.05, 0.1) is 13.2 Å². The van der Waals surface area contributed by atoms with Gasteiger partial charge in [0.25, 0.3) is 0 Å². The van der Waals surface area contributed by atoms with Gasteiger partial charge in [-0.3, -0.25) is 0 Å². The Hall–Kier alpha value is -1.64. The summed E-state index contributed by atoms with van der Waals surface area (Å²) in [5.41, 5.74) is 4.84. The Balaban J connectivity index is 2.54. The highest BCUT2D eigenvalue weighted by atomic mass is 16.3. The molecule has 0 aliphatic carbocycles. The number of hydrogen-bond acceptors (Lipinski definition) is 2. The monoisotopic (exact) mass is 228 g/mol. The van der Waals surface area contributed by atoms with Crippen molar-refractivity contribution in [3.8, 4) is 11.1 Å². The van der Waals surface area contributed by atoms with Crippen LogP contribution in [0.4, 0.5) is 0 Å². The minimum atomic E-state index is -0.0556. The van der Waals surface area contributed by atoms with Crippen molar-refractivity contribution in [2.75, 3.05) is 0 Å². The van der Waals surface area contributed by atoms with E-state index < -0.39 is 0 Å². The van der Waals surface area contributed by atoms with Gasteiger partial charge in [0.15, 0.2) is 0 Å². The first-order valence-electron chi connectivity index (χ1n) is 5.65. The summed E-state index contributed by atoms with van der Waals surface area (Å²) in [6, 6.07) is 13.9. The maximum atomic E-state index is 9.44. The van der Waals surface area contributed by atoms with Crippen LogP contribution in [0.2, 0.25) is 0 Å². The summed E-state index contributed by atoms with van der Waals surface area (Å²) in [5, 5.41) is 18.7. The highest BCUT2D eigenvalue weighted by molar-refractivity contribution is 5.68. The van der Waals surface area contributed by atoms with Gasteiger partial charge in [0, 0.05) is 0 Å². The summed E-state index contributed by atoms with van der Waals surface area (Å²) in [7, 11) is 0. The molecule has 0 spiro atoms. The summed E-state index contributed by atoms with van der Waals surface area (Å²) in [6.45, 7) is 1.94. The van der Waals surface area contributed by atoms with Gasteiger partial charge in [-0.05, 0) is 29.2 Å². The van der Waals surface area contributed by atoms with Gasteiger partial charge in [-0.25, -0.2) is 0 Å². The lowest BCUT2D eigenvalue weighted by Crippen LogP contribution is -1.97. The van der Waals surface area contributed by atoms with Crippen LogP contribution >= 0.6 is 0 Å². The van der Waals surface area contributed by atoms with Gasteiger partial charge in [-0.15, -0.1) is 0 Å². The SMILES string of the molecule is Cc1ccc(-c2cccc(CO)c2CO)cc1. The first kappa shape index (κ1) is 11.8. The Kier molecular flexibility index (Phi) is 3.57. The van der Waals surface area contributed by atoms with Crippen molar-refractivity contribution in [2.24, 2.45) is 0 Å². The minimum Gasteiger partial charge on any atom is -0.392 e. The van der Waals surface area contributed by atoms with Crippen molar-refractivity contribution in [3.63, 3.8) is 0 Å². The van der Waals surface area contributed by atoms with E-state index in [9.17, 15) is 10.2 Å². The lowest BCUT2D eigenvalue weighted by Gasteiger charge is -2.11. The van der Waals surface area contributed by atoms with Crippen LogP contribution < -0.4 is 0 Å². The third-order valence-corrected chi connectivity index (χ3v) is 2.96. The van der Waals surface area contributed by atoms with Gasteiger partial charge in [-0.1, -0.05) is 48.0 Å². The first-order valence-corrected chi connectivity index (χ1v) is 5.65. The molecule has 0 bridgehead atoms. The summed E-state index contributed by atoms with van der Waals surface area (Å²) in [4.78, 5) is 0. The number of aliphatic hydroxyl groups excluding tert-OH is 2. The van der Waals surface area contributed by atoms with E-state index in [1.807, 2.05) is 49.4 Å². The van der Waals surface area contributed by atoms with E-state index in [-0.39, 0.29) is 13.2 Å². The fourth-order valence-electron chi connectivity index (χ4n) is 1.97. The van der Waals surface area contributed by atoms with Crippen LogP contribution in [0.3, 0.4) is 0 Å². The largest absolute Gasteiger partial charge is 0.392 e. The Morgan fingerprint density at radius 3 is 2.18 bits per heavy atom. The lowest BCUT2D eigenvalue weighted by atomic mass is 9.95. The molecule has 0 amide bonds. The molecular formula is C15H16O2. The van der Waals surface area contributed by atoms with Crippen molar-refractivity contribution in [2.45, 2.75) is 20.1 Å². The van der Waals surface area contributed by atoms with Crippen molar-refractivity contribution >= 4 is 0 Å². The number of hydrogen-bond donors (Lipinski definition) is 2. The topological polar surface area (TPSA) is 40.5 Å². The Morgan fingerprint density at radius 1 is 0.882 bits per heavy atom. The summed E-state index contributed by atoms with van der Waals surface area (Å²) < 4.78 is 0. The van der Waals surface area contributed by atoms with E-state index in [0.717, 1.165) is 22.3 Å². The zero-order valence-corrected chi connectivity index (χ0v) is 9.85. The van der Waals surface area contributed by atoms with Crippen molar-refractivity contribution in [1.82, 2.24) is 0 Å². The Labute approximate surface area is 101 Å². The van der Waals surface area contributed by atoms with Crippen molar-refractivity contribution < 1.29 is 10.2 Å². The van der Waals surface area contributed by atoms with Crippen LogP contribution in [0.15, 0.2) is 42.5 Å². The molecule has 0 aliphatic heterocycles. The standard InChI is InChI=1S/C15H16O2/c1-11-5-7-12(8-6-11)14-4-2-3-13(9-16)15(14)10-17/h2-8,16-17H,9-10H2,1H3. The molecule has 2 rings (SSSR count). The Bertz CT molecular complexity index is 501. The summed E-state index contributed by atoms with van der Waals surface area (Å²) >= 11 is 0. The average molecular weight is 228 g/mol. The predicted octanol–water partition coefficient (Wildman–Crippen LogP) is 2.65. The number of aryl methyl sites for hydroxylation is 1. The average Bonchev–Trinajstić information content (AvgIpc) is 2.38. The first-order chi connectivity index (χ1) is 8.26. The molecule has 2 aromatic rings. The van der Waals surface area contributed by atoms with Crippen LogP contribution in [-0.4, -0.2) is 10.2 Å². The smallest absolute Gasteiger partial charge is 0.0691 e. The third kappa shape index (κ3) is 2.38. The molecular weight excluding hydrogens is 212 g/mol. The molecule has 0 saturated heterocycles. The molecule has 2 heteroatoms. The van der Waals surface area contributed by atoms with E-state index in [2.05, 4.69) is 0 Å². The molecule has 0 atom stereocenters. The zero-order valence-electron chi connectivity index (χ0n) is 9.85. The van der Waals surface area contributed by atoms with Gasteiger partial charge >= 0.3 is 0 Å². The van der Waals surface area contributed by atoms with Crippen LogP contribution in [-0.2, 0) is 13.2 Å². The molecule has 0 heterocycles. The highest BCUT2D eigenvalue weighted by Gasteiger charge is 2.08. The molecule has 2 nitrogen and oxygen atoms in total. The molecule has 0 saturated carbocycles. The molecule has 17 heavy (non-hydrogen) atoms. The second-order valence-corrected chi connectivity index (χ2v) is 4.13. The molecule has 2 aromatic carbocycles. The van der Waals surface area contributed by atoms with Crippen LogP contribution in [0.25, 0.3) is 11.1 Å². The van der Waals surface area contributed by atoms with E-state index >= 15 is 0 Å². The summed E-state index contributed by atoms with van der Waals surface area (Å²) in [6.07, 6.45) is 0. The van der Waals surface area contributed by atoms with Gasteiger partial charge in [0.1, 0.15) is 0 Å². The maximum absolute atomic E-state index is 9.44. The fourth-order valence-corrected chi connectivity index (χ4v) is 1.97. The Morgan fingerprint density at radius 2 is 1.59 bits per heavy atom. The lowest BCUT2D eigenvalue weighted by molar-refractivity contribution is 0.260. The second-order valence-electron chi connectivity index (χ2n) is 4.13. The number of aliphatic hydroxyl groups is 2.